The second-order valence-corrected chi connectivity index (χ2v) is 3.96. The first-order valence-corrected chi connectivity index (χ1v) is 5.31. The predicted molar refractivity (Wildman–Crippen MR) is 59.1 cm³/mol. The fourth-order valence-electron chi connectivity index (χ4n) is 1.09. The Labute approximate surface area is 91.4 Å². The number of aromatic amines is 1. The smallest absolute Gasteiger partial charge is 0.267 e. The van der Waals surface area contributed by atoms with Crippen molar-refractivity contribution in [3.05, 3.63) is 22.4 Å². The molecule has 0 radical (unpaired) electrons. The van der Waals surface area contributed by atoms with Crippen LogP contribution >= 0.6 is 15.9 Å². The zero-order valence-electron chi connectivity index (χ0n) is 8.01. The summed E-state index contributed by atoms with van der Waals surface area (Å²) in [5.74, 6) is -0.118. The molecule has 0 saturated heterocycles. The van der Waals surface area contributed by atoms with E-state index in [1.165, 1.54) is 0 Å². The Kier molecular flexibility index (Phi) is 4.16. The van der Waals surface area contributed by atoms with Crippen LogP contribution in [0.25, 0.3) is 0 Å². The Morgan fingerprint density at radius 1 is 1.79 bits per heavy atom. The van der Waals surface area contributed by atoms with Crippen molar-refractivity contribution in [2.75, 3.05) is 6.54 Å². The van der Waals surface area contributed by atoms with Crippen molar-refractivity contribution in [1.82, 2.24) is 10.3 Å². The normalized spacial score (nSPS) is 12.5. The molecule has 1 rings (SSSR count). The highest BCUT2D eigenvalue weighted by Crippen LogP contribution is 2.10. The van der Waals surface area contributed by atoms with Gasteiger partial charge in [-0.3, -0.25) is 4.79 Å². The Hall–Kier alpha value is -0.810. The predicted octanol–water partition coefficient (Wildman–Crippen LogP) is 1.24. The van der Waals surface area contributed by atoms with E-state index in [4.69, 9.17) is 5.73 Å². The van der Waals surface area contributed by atoms with Gasteiger partial charge in [0.25, 0.3) is 5.91 Å². The molecule has 0 aliphatic heterocycles. The summed E-state index contributed by atoms with van der Waals surface area (Å²) in [6.07, 6.45) is 2.56. The quantitative estimate of drug-likeness (QED) is 0.762. The molecule has 1 heterocycles. The molecular weight excluding hydrogens is 246 g/mol. The van der Waals surface area contributed by atoms with Crippen molar-refractivity contribution < 1.29 is 4.79 Å². The SMILES string of the molecule is CCC(CN)NC(=O)c1cc(Br)c[nH]1. The first kappa shape index (κ1) is 11.3. The van der Waals surface area contributed by atoms with E-state index in [1.807, 2.05) is 6.92 Å². The van der Waals surface area contributed by atoms with Crippen molar-refractivity contribution in [1.29, 1.82) is 0 Å². The second kappa shape index (κ2) is 5.17. The Balaban J connectivity index is 2.58. The third-order valence-electron chi connectivity index (χ3n) is 2.00. The first-order chi connectivity index (χ1) is 6.67. The molecule has 1 amide bonds. The maximum absolute atomic E-state index is 11.6. The van der Waals surface area contributed by atoms with Gasteiger partial charge in [-0.15, -0.1) is 0 Å². The van der Waals surface area contributed by atoms with Gasteiger partial charge in [0.1, 0.15) is 5.69 Å². The summed E-state index contributed by atoms with van der Waals surface area (Å²) in [6, 6.07) is 1.78. The van der Waals surface area contributed by atoms with E-state index < -0.39 is 0 Å². The molecule has 1 aromatic rings. The number of carbonyl (C=O) groups excluding carboxylic acids is 1. The summed E-state index contributed by atoms with van der Waals surface area (Å²) in [4.78, 5) is 14.4. The molecule has 0 aliphatic carbocycles. The monoisotopic (exact) mass is 259 g/mol. The highest BCUT2D eigenvalue weighted by atomic mass is 79.9. The van der Waals surface area contributed by atoms with Gasteiger partial charge < -0.3 is 16.0 Å². The molecule has 0 bridgehead atoms. The van der Waals surface area contributed by atoms with Gasteiger partial charge in [0.2, 0.25) is 0 Å². The Morgan fingerprint density at radius 3 is 2.93 bits per heavy atom. The Bertz CT molecular complexity index is 307. The van der Waals surface area contributed by atoms with Gasteiger partial charge in [-0.2, -0.15) is 0 Å². The second-order valence-electron chi connectivity index (χ2n) is 3.05. The van der Waals surface area contributed by atoms with Crippen LogP contribution in [0.4, 0.5) is 0 Å². The van der Waals surface area contributed by atoms with Gasteiger partial charge in [0, 0.05) is 23.3 Å². The maximum Gasteiger partial charge on any atom is 0.267 e. The lowest BCUT2D eigenvalue weighted by Crippen LogP contribution is -2.39. The maximum atomic E-state index is 11.6. The molecule has 1 atom stereocenters. The number of amides is 1. The lowest BCUT2D eigenvalue weighted by atomic mass is 10.2. The molecule has 0 aliphatic rings. The van der Waals surface area contributed by atoms with E-state index in [1.54, 1.807) is 12.3 Å². The average Bonchev–Trinajstić information content (AvgIpc) is 2.61. The minimum Gasteiger partial charge on any atom is -0.356 e. The minimum atomic E-state index is -0.118. The molecule has 1 aromatic heterocycles. The third kappa shape index (κ3) is 2.85. The molecule has 4 N–H and O–H groups in total. The van der Waals surface area contributed by atoms with E-state index in [0.717, 1.165) is 10.9 Å². The number of aromatic nitrogens is 1. The van der Waals surface area contributed by atoms with E-state index in [0.29, 0.717) is 12.2 Å². The summed E-state index contributed by atoms with van der Waals surface area (Å²) in [5, 5.41) is 2.83. The van der Waals surface area contributed by atoms with Crippen LogP contribution in [-0.2, 0) is 0 Å². The molecule has 14 heavy (non-hydrogen) atoms. The Morgan fingerprint density at radius 2 is 2.50 bits per heavy atom. The van der Waals surface area contributed by atoms with Crippen LogP contribution in [0.2, 0.25) is 0 Å². The van der Waals surface area contributed by atoms with Gasteiger partial charge in [-0.05, 0) is 28.4 Å². The van der Waals surface area contributed by atoms with Crippen LogP contribution in [0.5, 0.6) is 0 Å². The van der Waals surface area contributed by atoms with Crippen LogP contribution in [-0.4, -0.2) is 23.5 Å². The minimum absolute atomic E-state index is 0.0459. The van der Waals surface area contributed by atoms with E-state index >= 15 is 0 Å². The molecule has 78 valence electrons. The fraction of sp³-hybridized carbons (Fsp3) is 0.444. The van der Waals surface area contributed by atoms with Crippen molar-refractivity contribution >= 4 is 21.8 Å². The van der Waals surface area contributed by atoms with Gasteiger partial charge in [-0.25, -0.2) is 0 Å². The molecule has 5 heteroatoms. The summed E-state index contributed by atoms with van der Waals surface area (Å²) >= 11 is 3.26. The molecule has 0 saturated carbocycles. The van der Waals surface area contributed by atoms with Crippen LogP contribution in [0.15, 0.2) is 16.7 Å². The highest BCUT2D eigenvalue weighted by Gasteiger charge is 2.11. The number of nitrogens with two attached hydrogens (primary N) is 1. The zero-order chi connectivity index (χ0) is 10.6. The van der Waals surface area contributed by atoms with Crippen LogP contribution in [0.3, 0.4) is 0 Å². The largest absolute Gasteiger partial charge is 0.356 e. The number of halogens is 1. The number of hydrogen-bond acceptors (Lipinski definition) is 2. The summed E-state index contributed by atoms with van der Waals surface area (Å²) in [6.45, 7) is 2.45. The van der Waals surface area contributed by atoms with Crippen LogP contribution < -0.4 is 11.1 Å². The van der Waals surface area contributed by atoms with E-state index in [-0.39, 0.29) is 11.9 Å². The first-order valence-electron chi connectivity index (χ1n) is 4.52. The van der Waals surface area contributed by atoms with E-state index in [2.05, 4.69) is 26.2 Å². The fourth-order valence-corrected chi connectivity index (χ4v) is 1.43. The lowest BCUT2D eigenvalue weighted by molar-refractivity contribution is 0.0932. The van der Waals surface area contributed by atoms with Crippen LogP contribution in [0.1, 0.15) is 23.8 Å². The van der Waals surface area contributed by atoms with Crippen molar-refractivity contribution in [2.45, 2.75) is 19.4 Å². The third-order valence-corrected chi connectivity index (χ3v) is 2.46. The molecule has 0 aromatic carbocycles. The average molecular weight is 260 g/mol. The lowest BCUT2D eigenvalue weighted by Gasteiger charge is -2.13. The van der Waals surface area contributed by atoms with E-state index in [9.17, 15) is 4.79 Å². The van der Waals surface area contributed by atoms with Crippen molar-refractivity contribution in [3.63, 3.8) is 0 Å². The molecular formula is C9H14BrN3O. The number of H-pyrrole nitrogens is 1. The van der Waals surface area contributed by atoms with Gasteiger partial charge in [0.05, 0.1) is 0 Å². The van der Waals surface area contributed by atoms with Crippen molar-refractivity contribution in [3.8, 4) is 0 Å². The molecule has 1 unspecified atom stereocenters. The number of hydrogen-bond donors (Lipinski definition) is 3. The molecule has 0 fully saturated rings. The number of rotatable bonds is 4. The molecule has 4 nitrogen and oxygen atoms in total. The van der Waals surface area contributed by atoms with Gasteiger partial charge in [-0.1, -0.05) is 6.92 Å². The van der Waals surface area contributed by atoms with Crippen molar-refractivity contribution in [2.24, 2.45) is 5.73 Å². The summed E-state index contributed by atoms with van der Waals surface area (Å²) < 4.78 is 0.864. The topological polar surface area (TPSA) is 70.9 Å². The zero-order valence-corrected chi connectivity index (χ0v) is 9.60. The summed E-state index contributed by atoms with van der Waals surface area (Å²) in [5.41, 5.74) is 6.03. The highest BCUT2D eigenvalue weighted by molar-refractivity contribution is 9.10. The standard InChI is InChI=1S/C9H14BrN3O/c1-2-7(4-11)13-9(14)8-3-6(10)5-12-8/h3,5,7,12H,2,4,11H2,1H3,(H,13,14). The number of nitrogens with one attached hydrogen (secondary N) is 2. The summed E-state index contributed by atoms with van der Waals surface area (Å²) in [7, 11) is 0. The van der Waals surface area contributed by atoms with Crippen LogP contribution in [0, 0.1) is 0 Å². The molecule has 0 spiro atoms. The van der Waals surface area contributed by atoms with Gasteiger partial charge >= 0.3 is 0 Å². The number of carbonyl (C=O) groups is 1. The van der Waals surface area contributed by atoms with Gasteiger partial charge in [0.15, 0.2) is 0 Å².